The third-order valence-corrected chi connectivity index (χ3v) is 8.82. The van der Waals surface area contributed by atoms with Crippen molar-refractivity contribution in [3.05, 3.63) is 39.6 Å². The van der Waals surface area contributed by atoms with Crippen molar-refractivity contribution in [2.75, 3.05) is 20.1 Å². The van der Waals surface area contributed by atoms with E-state index in [2.05, 4.69) is 22.2 Å². The summed E-state index contributed by atoms with van der Waals surface area (Å²) in [6.45, 7) is 1.92. The van der Waals surface area contributed by atoms with Crippen molar-refractivity contribution < 1.29 is 17.5 Å². The Morgan fingerprint density at radius 1 is 1.33 bits per heavy atom. The molecule has 2 heterocycles. The molecule has 0 bridgehead atoms. The summed E-state index contributed by atoms with van der Waals surface area (Å²) in [5.74, 6) is -1.02. The molecule has 1 saturated heterocycles. The third kappa shape index (κ3) is 4.65. The van der Waals surface area contributed by atoms with Crippen LogP contribution in [0.1, 0.15) is 30.7 Å². The number of nitrogens with one attached hydrogen (secondary N) is 1. The van der Waals surface area contributed by atoms with Crippen LogP contribution < -0.4 is 10.1 Å². The van der Waals surface area contributed by atoms with Gasteiger partial charge in [-0.05, 0) is 32.4 Å². The Morgan fingerprint density at radius 3 is 2.77 bits per heavy atom. The van der Waals surface area contributed by atoms with Gasteiger partial charge in [-0.25, -0.2) is 17.8 Å². The van der Waals surface area contributed by atoms with Gasteiger partial charge < -0.3 is 10.1 Å². The van der Waals surface area contributed by atoms with Gasteiger partial charge in [0.05, 0.1) is 5.02 Å². The summed E-state index contributed by atoms with van der Waals surface area (Å²) in [5.41, 5.74) is 0. The van der Waals surface area contributed by atoms with Crippen molar-refractivity contribution >= 4 is 32.8 Å². The standard InChI is InChI=1S/C20H25ClFN3O3S2/c1-25(13-10-23-11-13)16-4-2-3-5-17(16)28-18-9-15(22)19(8-14(18)21)30(26,27)12-20-24-6-7-29-20/h6-9,13,16-17,23H,2-5,10-12H2,1H3/t16-,17-/m0/s1. The maximum atomic E-state index is 14.8. The first kappa shape index (κ1) is 22.0. The lowest BCUT2D eigenvalue weighted by Crippen LogP contribution is -2.61. The summed E-state index contributed by atoms with van der Waals surface area (Å²) in [4.78, 5) is 5.90. The zero-order chi connectivity index (χ0) is 21.3. The predicted octanol–water partition coefficient (Wildman–Crippen LogP) is 3.50. The molecular formula is C20H25ClFN3O3S2. The lowest BCUT2D eigenvalue weighted by Gasteiger charge is -2.45. The second-order valence-electron chi connectivity index (χ2n) is 7.88. The Hall–Kier alpha value is -1.26. The third-order valence-electron chi connectivity index (χ3n) is 5.92. The van der Waals surface area contributed by atoms with Crippen LogP contribution in [0.5, 0.6) is 5.75 Å². The molecular weight excluding hydrogens is 449 g/mol. The molecule has 164 valence electrons. The van der Waals surface area contributed by atoms with Gasteiger partial charge in [-0.3, -0.25) is 4.90 Å². The molecule has 0 amide bonds. The normalized spacial score (nSPS) is 22.8. The minimum Gasteiger partial charge on any atom is -0.487 e. The Labute approximate surface area is 185 Å². The van der Waals surface area contributed by atoms with Crippen LogP contribution in [-0.4, -0.2) is 56.6 Å². The van der Waals surface area contributed by atoms with Gasteiger partial charge in [0.2, 0.25) is 0 Å². The summed E-state index contributed by atoms with van der Waals surface area (Å²) in [6.07, 6.45) is 5.45. The fourth-order valence-corrected chi connectivity index (χ4v) is 6.70. The van der Waals surface area contributed by atoms with E-state index in [0.29, 0.717) is 11.0 Å². The number of rotatable bonds is 7. The number of aromatic nitrogens is 1. The first-order chi connectivity index (χ1) is 14.3. The maximum Gasteiger partial charge on any atom is 0.187 e. The summed E-state index contributed by atoms with van der Waals surface area (Å²) in [7, 11) is -1.79. The van der Waals surface area contributed by atoms with E-state index in [1.165, 1.54) is 17.5 Å². The van der Waals surface area contributed by atoms with Crippen molar-refractivity contribution in [2.24, 2.45) is 0 Å². The van der Waals surface area contributed by atoms with Crippen molar-refractivity contribution in [1.29, 1.82) is 0 Å². The number of hydrogen-bond acceptors (Lipinski definition) is 7. The highest BCUT2D eigenvalue weighted by molar-refractivity contribution is 7.90. The summed E-state index contributed by atoms with van der Waals surface area (Å²) in [6, 6.07) is 2.96. The number of ether oxygens (including phenoxy) is 1. The second kappa shape index (κ2) is 9.08. The summed E-state index contributed by atoms with van der Waals surface area (Å²) in [5, 5.41) is 5.48. The van der Waals surface area contributed by atoms with Crippen LogP contribution in [0.15, 0.2) is 28.6 Å². The lowest BCUT2D eigenvalue weighted by molar-refractivity contribution is 0.0151. The molecule has 0 spiro atoms. The van der Waals surface area contributed by atoms with Crippen LogP contribution in [0.2, 0.25) is 5.02 Å². The molecule has 1 aliphatic carbocycles. The average molecular weight is 474 g/mol. The topological polar surface area (TPSA) is 71.5 Å². The van der Waals surface area contributed by atoms with Gasteiger partial charge >= 0.3 is 0 Å². The van der Waals surface area contributed by atoms with Gasteiger partial charge in [0.25, 0.3) is 0 Å². The zero-order valence-corrected chi connectivity index (χ0v) is 19.1. The first-order valence-electron chi connectivity index (χ1n) is 10.0. The molecule has 1 aromatic heterocycles. The number of sulfone groups is 1. The molecule has 10 heteroatoms. The molecule has 1 N–H and O–H groups in total. The average Bonchev–Trinajstić information content (AvgIpc) is 3.15. The highest BCUT2D eigenvalue weighted by Gasteiger charge is 2.36. The van der Waals surface area contributed by atoms with Crippen LogP contribution in [-0.2, 0) is 15.6 Å². The van der Waals surface area contributed by atoms with Gasteiger partial charge in [0.1, 0.15) is 33.3 Å². The molecule has 1 saturated carbocycles. The fourth-order valence-electron chi connectivity index (χ4n) is 4.08. The van der Waals surface area contributed by atoms with E-state index < -0.39 is 20.5 Å². The molecule has 1 aromatic carbocycles. The molecule has 0 radical (unpaired) electrons. The van der Waals surface area contributed by atoms with Crippen molar-refractivity contribution in [3.63, 3.8) is 0 Å². The van der Waals surface area contributed by atoms with E-state index in [1.807, 2.05) is 0 Å². The van der Waals surface area contributed by atoms with E-state index in [4.69, 9.17) is 16.3 Å². The number of hydrogen-bond donors (Lipinski definition) is 1. The van der Waals surface area contributed by atoms with Crippen LogP contribution in [0.4, 0.5) is 4.39 Å². The molecule has 4 rings (SSSR count). The van der Waals surface area contributed by atoms with Crippen molar-refractivity contribution in [3.8, 4) is 5.75 Å². The van der Waals surface area contributed by atoms with Gasteiger partial charge in [-0.1, -0.05) is 18.0 Å². The van der Waals surface area contributed by atoms with Crippen LogP contribution >= 0.6 is 22.9 Å². The van der Waals surface area contributed by atoms with E-state index in [1.54, 1.807) is 5.38 Å². The summed E-state index contributed by atoms with van der Waals surface area (Å²) < 4.78 is 46.2. The Kier molecular flexibility index (Phi) is 6.64. The minimum atomic E-state index is -3.90. The molecule has 30 heavy (non-hydrogen) atoms. The lowest BCUT2D eigenvalue weighted by atomic mass is 9.90. The van der Waals surface area contributed by atoms with Gasteiger partial charge in [-0.2, -0.15) is 0 Å². The molecule has 2 atom stereocenters. The number of benzene rings is 1. The molecule has 6 nitrogen and oxygen atoms in total. The largest absolute Gasteiger partial charge is 0.487 e. The zero-order valence-electron chi connectivity index (χ0n) is 16.7. The molecule has 2 aromatic rings. The van der Waals surface area contributed by atoms with Crippen molar-refractivity contribution in [2.45, 2.75) is 54.5 Å². The predicted molar refractivity (Wildman–Crippen MR) is 116 cm³/mol. The van der Waals surface area contributed by atoms with Crippen LogP contribution in [0.3, 0.4) is 0 Å². The Morgan fingerprint density at radius 2 is 2.10 bits per heavy atom. The van der Waals surface area contributed by atoms with Gasteiger partial charge in [0, 0.05) is 42.8 Å². The van der Waals surface area contributed by atoms with E-state index >= 15 is 0 Å². The van der Waals surface area contributed by atoms with E-state index in [-0.39, 0.29) is 28.7 Å². The Bertz CT molecular complexity index is 983. The van der Waals surface area contributed by atoms with Gasteiger partial charge in [-0.15, -0.1) is 11.3 Å². The maximum absolute atomic E-state index is 14.8. The smallest absolute Gasteiger partial charge is 0.187 e. The second-order valence-corrected chi connectivity index (χ2v) is 11.2. The molecule has 2 fully saturated rings. The number of likely N-dealkylation sites (N-methyl/N-ethyl adjacent to an activating group) is 1. The Balaban J connectivity index is 1.54. The number of thiazole rings is 1. The molecule has 1 aliphatic heterocycles. The first-order valence-corrected chi connectivity index (χ1v) is 13.0. The van der Waals surface area contributed by atoms with E-state index in [9.17, 15) is 12.8 Å². The summed E-state index contributed by atoms with van der Waals surface area (Å²) >= 11 is 7.56. The van der Waals surface area contributed by atoms with Gasteiger partial charge in [0.15, 0.2) is 9.84 Å². The molecule has 2 aliphatic rings. The fraction of sp³-hybridized carbons (Fsp3) is 0.550. The van der Waals surface area contributed by atoms with Crippen molar-refractivity contribution in [1.82, 2.24) is 15.2 Å². The SMILES string of the molecule is CN(C1CNC1)[C@H]1CCCC[C@@H]1Oc1cc(F)c(S(=O)(=O)Cc2nccs2)cc1Cl. The van der Waals surface area contributed by atoms with Crippen LogP contribution in [0.25, 0.3) is 0 Å². The minimum absolute atomic E-state index is 0.103. The van der Waals surface area contributed by atoms with Crippen LogP contribution in [0, 0.1) is 5.82 Å². The quantitative estimate of drug-likeness (QED) is 0.663. The monoisotopic (exact) mass is 473 g/mol. The number of halogens is 2. The molecule has 0 unspecified atom stereocenters. The highest BCUT2D eigenvalue weighted by atomic mass is 35.5. The number of nitrogens with zero attached hydrogens (tertiary/aromatic N) is 2. The van der Waals surface area contributed by atoms with E-state index in [0.717, 1.165) is 50.9 Å². The highest BCUT2D eigenvalue weighted by Crippen LogP contribution is 2.35.